The van der Waals surface area contributed by atoms with Gasteiger partial charge in [-0.1, -0.05) is 12.1 Å². The predicted molar refractivity (Wildman–Crippen MR) is 119 cm³/mol. The van der Waals surface area contributed by atoms with E-state index in [1.54, 1.807) is 11.0 Å². The summed E-state index contributed by atoms with van der Waals surface area (Å²) in [6.45, 7) is 1.01. The Morgan fingerprint density at radius 3 is 2.53 bits per heavy atom. The zero-order valence-electron chi connectivity index (χ0n) is 17.9. The lowest BCUT2D eigenvalue weighted by Gasteiger charge is -2.45. The molecule has 0 radical (unpaired) electrons. The number of amides is 1. The van der Waals surface area contributed by atoms with Gasteiger partial charge in [0.15, 0.2) is 15.4 Å². The molecule has 1 saturated heterocycles. The second kappa shape index (κ2) is 7.41. The molecule has 8 heteroatoms. The lowest BCUT2D eigenvalue weighted by atomic mass is 9.86. The van der Waals surface area contributed by atoms with Gasteiger partial charge in [-0.15, -0.1) is 0 Å². The van der Waals surface area contributed by atoms with Crippen molar-refractivity contribution in [1.82, 2.24) is 9.47 Å². The molecule has 32 heavy (non-hydrogen) atoms. The number of likely N-dealkylation sites (tertiary alicyclic amines) is 1. The van der Waals surface area contributed by atoms with E-state index < -0.39 is 15.4 Å². The first-order chi connectivity index (χ1) is 15.3. The van der Waals surface area contributed by atoms with Crippen LogP contribution in [0.3, 0.4) is 0 Å². The second-order valence-electron chi connectivity index (χ2n) is 8.26. The van der Waals surface area contributed by atoms with Crippen LogP contribution in [0.4, 0.5) is 0 Å². The molecule has 0 unspecified atom stereocenters. The number of piperidine rings is 1. The highest BCUT2D eigenvalue weighted by molar-refractivity contribution is 7.90. The third-order valence-electron chi connectivity index (χ3n) is 6.31. The van der Waals surface area contributed by atoms with Gasteiger partial charge in [-0.05, 0) is 42.5 Å². The standard InChI is InChI=1S/C24H24N2O5S/c1-30-20-10-9-17(16-21(20)32(2,28)29)23(27)25-14-11-24(12-15-25)22-8-5-13-26(22)18-6-3-4-7-19(18)31-24/h3-10,13,16H,11-12,14-15H2,1-2H3. The lowest BCUT2D eigenvalue weighted by molar-refractivity contribution is -0.00931. The Labute approximate surface area is 187 Å². The van der Waals surface area contributed by atoms with Crippen molar-refractivity contribution in [3.8, 4) is 17.2 Å². The van der Waals surface area contributed by atoms with E-state index in [-0.39, 0.29) is 16.6 Å². The average molecular weight is 453 g/mol. The number of fused-ring (bicyclic) bond motifs is 4. The third-order valence-corrected chi connectivity index (χ3v) is 7.43. The summed E-state index contributed by atoms with van der Waals surface area (Å²) in [7, 11) is -2.12. The van der Waals surface area contributed by atoms with Crippen LogP contribution in [0.2, 0.25) is 0 Å². The fourth-order valence-corrected chi connectivity index (χ4v) is 5.54. The zero-order chi connectivity index (χ0) is 22.5. The first-order valence-electron chi connectivity index (χ1n) is 10.5. The average Bonchev–Trinajstić information content (AvgIpc) is 3.30. The highest BCUT2D eigenvalue weighted by Gasteiger charge is 2.44. The van der Waals surface area contributed by atoms with Crippen molar-refractivity contribution in [1.29, 1.82) is 0 Å². The topological polar surface area (TPSA) is 77.8 Å². The van der Waals surface area contributed by atoms with Crippen LogP contribution < -0.4 is 9.47 Å². The van der Waals surface area contributed by atoms with Gasteiger partial charge >= 0.3 is 0 Å². The van der Waals surface area contributed by atoms with E-state index in [1.807, 2.05) is 36.5 Å². The summed E-state index contributed by atoms with van der Waals surface area (Å²) in [4.78, 5) is 15.0. The molecular weight excluding hydrogens is 428 g/mol. The highest BCUT2D eigenvalue weighted by atomic mass is 32.2. The maximum Gasteiger partial charge on any atom is 0.253 e. The number of ether oxygens (including phenoxy) is 2. The van der Waals surface area contributed by atoms with Crippen LogP contribution in [-0.4, -0.2) is 50.2 Å². The molecule has 5 rings (SSSR count). The number of carbonyl (C=O) groups is 1. The molecule has 2 aromatic carbocycles. The van der Waals surface area contributed by atoms with Crippen LogP contribution >= 0.6 is 0 Å². The van der Waals surface area contributed by atoms with Gasteiger partial charge in [0, 0.05) is 43.9 Å². The van der Waals surface area contributed by atoms with E-state index in [9.17, 15) is 13.2 Å². The third kappa shape index (κ3) is 3.26. The van der Waals surface area contributed by atoms with Gasteiger partial charge in [0.1, 0.15) is 16.4 Å². The number of nitrogens with zero attached hydrogens (tertiary/aromatic N) is 2. The Bertz CT molecular complexity index is 1300. The van der Waals surface area contributed by atoms with Crippen LogP contribution in [0.5, 0.6) is 11.5 Å². The van der Waals surface area contributed by atoms with Crippen LogP contribution in [0, 0.1) is 0 Å². The summed E-state index contributed by atoms with van der Waals surface area (Å²) >= 11 is 0. The summed E-state index contributed by atoms with van der Waals surface area (Å²) < 4.78 is 38.1. The van der Waals surface area contributed by atoms with Crippen molar-refractivity contribution in [2.75, 3.05) is 26.5 Å². The first kappa shape index (κ1) is 20.6. The molecule has 2 aliphatic heterocycles. The minimum Gasteiger partial charge on any atom is -0.495 e. The zero-order valence-corrected chi connectivity index (χ0v) is 18.8. The number of rotatable bonds is 3. The number of carbonyl (C=O) groups excluding carboxylic acids is 1. The quantitative estimate of drug-likeness (QED) is 0.609. The van der Waals surface area contributed by atoms with Crippen LogP contribution in [0.1, 0.15) is 28.9 Å². The van der Waals surface area contributed by atoms with Crippen molar-refractivity contribution in [2.24, 2.45) is 0 Å². The van der Waals surface area contributed by atoms with Gasteiger partial charge in [-0.25, -0.2) is 8.42 Å². The Balaban J connectivity index is 1.40. The Hall–Kier alpha value is -3.26. The number of hydrogen-bond acceptors (Lipinski definition) is 5. The maximum absolute atomic E-state index is 13.2. The molecule has 166 valence electrons. The Morgan fingerprint density at radius 1 is 1.06 bits per heavy atom. The molecule has 0 saturated carbocycles. The van der Waals surface area contributed by atoms with Gasteiger partial charge in [-0.2, -0.15) is 0 Å². The number of hydrogen-bond donors (Lipinski definition) is 0. The molecule has 2 aliphatic rings. The van der Waals surface area contributed by atoms with Crippen molar-refractivity contribution in [2.45, 2.75) is 23.3 Å². The molecule has 1 aromatic heterocycles. The highest BCUT2D eigenvalue weighted by Crippen LogP contribution is 2.45. The van der Waals surface area contributed by atoms with Crippen molar-refractivity contribution >= 4 is 15.7 Å². The van der Waals surface area contributed by atoms with Crippen molar-refractivity contribution < 1.29 is 22.7 Å². The predicted octanol–water partition coefficient (Wildman–Crippen LogP) is 3.41. The SMILES string of the molecule is COc1ccc(C(=O)N2CCC3(CC2)Oc2ccccc2-n2cccc23)cc1S(C)(=O)=O. The summed E-state index contributed by atoms with van der Waals surface area (Å²) in [5, 5.41) is 0. The van der Waals surface area contributed by atoms with Crippen LogP contribution in [0.25, 0.3) is 5.69 Å². The van der Waals surface area contributed by atoms with Gasteiger partial charge in [0.2, 0.25) is 0 Å². The Kier molecular flexibility index (Phi) is 4.78. The number of para-hydroxylation sites is 2. The van der Waals surface area contributed by atoms with Gasteiger partial charge in [-0.3, -0.25) is 4.79 Å². The molecule has 3 aromatic rings. The minimum atomic E-state index is -3.53. The summed E-state index contributed by atoms with van der Waals surface area (Å²) in [5.41, 5.74) is 1.95. The lowest BCUT2D eigenvalue weighted by Crippen LogP contribution is -2.50. The van der Waals surface area contributed by atoms with Crippen molar-refractivity contribution in [3.05, 3.63) is 72.1 Å². The van der Waals surface area contributed by atoms with Crippen molar-refractivity contribution in [3.63, 3.8) is 0 Å². The van der Waals surface area contributed by atoms with E-state index in [1.165, 1.54) is 19.2 Å². The number of methoxy groups -OCH3 is 1. The molecule has 3 heterocycles. The van der Waals surface area contributed by atoms with E-state index in [0.717, 1.165) is 23.4 Å². The van der Waals surface area contributed by atoms with Crippen LogP contribution in [0.15, 0.2) is 65.7 Å². The molecule has 1 fully saturated rings. The Morgan fingerprint density at radius 2 is 1.81 bits per heavy atom. The number of benzene rings is 2. The van der Waals surface area contributed by atoms with Gasteiger partial charge in [0.05, 0.1) is 18.5 Å². The van der Waals surface area contributed by atoms with Gasteiger partial charge in [0.25, 0.3) is 5.91 Å². The molecule has 0 aliphatic carbocycles. The molecule has 1 amide bonds. The molecule has 7 nitrogen and oxygen atoms in total. The molecule has 0 N–H and O–H groups in total. The molecule has 0 bridgehead atoms. The minimum absolute atomic E-state index is 0.0179. The number of sulfone groups is 1. The van der Waals surface area contributed by atoms with E-state index in [4.69, 9.17) is 9.47 Å². The fourth-order valence-electron chi connectivity index (χ4n) is 4.68. The molecular formula is C24H24N2O5S. The largest absolute Gasteiger partial charge is 0.495 e. The van der Waals surface area contributed by atoms with E-state index in [2.05, 4.69) is 10.6 Å². The second-order valence-corrected chi connectivity index (χ2v) is 10.2. The maximum atomic E-state index is 13.2. The molecule has 0 atom stereocenters. The molecule has 1 spiro atoms. The normalized spacial score (nSPS) is 16.8. The summed E-state index contributed by atoms with van der Waals surface area (Å²) in [6, 6.07) is 16.6. The summed E-state index contributed by atoms with van der Waals surface area (Å²) in [6.07, 6.45) is 4.44. The van der Waals surface area contributed by atoms with E-state index >= 15 is 0 Å². The smallest absolute Gasteiger partial charge is 0.253 e. The van der Waals surface area contributed by atoms with Crippen LogP contribution in [-0.2, 0) is 15.4 Å². The summed E-state index contributed by atoms with van der Waals surface area (Å²) in [5.74, 6) is 0.875. The monoisotopic (exact) mass is 452 g/mol. The fraction of sp³-hybridized carbons (Fsp3) is 0.292. The van der Waals surface area contributed by atoms with Gasteiger partial charge < -0.3 is 18.9 Å². The number of aromatic nitrogens is 1. The first-order valence-corrected chi connectivity index (χ1v) is 12.4. The van der Waals surface area contributed by atoms with E-state index in [0.29, 0.717) is 31.5 Å².